The van der Waals surface area contributed by atoms with Gasteiger partial charge in [0.15, 0.2) is 0 Å². The van der Waals surface area contributed by atoms with Crippen LogP contribution >= 0.6 is 0 Å². The van der Waals surface area contributed by atoms with E-state index in [9.17, 15) is 0 Å². The number of rotatable bonds is 0. The Morgan fingerprint density at radius 2 is 2.71 bits per heavy atom. The first-order chi connectivity index (χ1) is 3.43. The van der Waals surface area contributed by atoms with Crippen molar-refractivity contribution >= 4 is 0 Å². The lowest BCUT2D eigenvalue weighted by atomic mass is 10.4. The summed E-state index contributed by atoms with van der Waals surface area (Å²) < 4.78 is 4.41. The van der Waals surface area contributed by atoms with Crippen molar-refractivity contribution in [2.24, 2.45) is 0 Å². The molecule has 0 aliphatic heterocycles. The van der Waals surface area contributed by atoms with Gasteiger partial charge in [-0.05, 0) is 0 Å². The van der Waals surface area contributed by atoms with E-state index in [-0.39, 0.29) is 0 Å². The zero-order valence-electron chi connectivity index (χ0n) is 3.59. The molecule has 1 rings (SSSR count). The highest BCUT2D eigenvalue weighted by Gasteiger charge is 1.82. The van der Waals surface area contributed by atoms with Crippen LogP contribution in [0.5, 0.6) is 0 Å². The molecule has 1 aromatic heterocycles. The van der Waals surface area contributed by atoms with Gasteiger partial charge in [0.25, 0.3) is 0 Å². The van der Waals surface area contributed by atoms with Crippen molar-refractivity contribution in [3.8, 4) is 12.3 Å². The highest BCUT2D eigenvalue weighted by atomic mass is 16.5. The molecule has 1 heterocycles. The summed E-state index contributed by atoms with van der Waals surface area (Å²) in [5.74, 6) is 2.35. The first kappa shape index (κ1) is 3.94. The highest BCUT2D eigenvalue weighted by molar-refractivity contribution is 5.24. The fourth-order valence-electron chi connectivity index (χ4n) is 0.276. The highest BCUT2D eigenvalue weighted by Crippen LogP contribution is 1.89. The molecule has 0 fully saturated rings. The summed E-state index contributed by atoms with van der Waals surface area (Å²) in [7, 11) is 0. The summed E-state index contributed by atoms with van der Waals surface area (Å²) in [4.78, 5) is 0. The Morgan fingerprint density at radius 1 is 1.86 bits per heavy atom. The molecule has 0 aliphatic carbocycles. The molecule has 0 aromatic carbocycles. The SMILES string of the molecule is C#Cc1cnoc1. The largest absolute Gasteiger partial charge is 0.363 e. The van der Waals surface area contributed by atoms with E-state index in [1.807, 2.05) is 0 Å². The van der Waals surface area contributed by atoms with Crippen LogP contribution < -0.4 is 0 Å². The predicted octanol–water partition coefficient (Wildman–Crippen LogP) is 0.656. The lowest BCUT2D eigenvalue weighted by molar-refractivity contribution is 0.419. The minimum atomic E-state index is 0.681. The fourth-order valence-corrected chi connectivity index (χ4v) is 0.276. The maximum Gasteiger partial charge on any atom is 0.139 e. The summed E-state index contributed by atoms with van der Waals surface area (Å²) >= 11 is 0. The number of hydrogen-bond donors (Lipinski definition) is 0. The average molecular weight is 93.1 g/mol. The van der Waals surface area contributed by atoms with Crippen LogP contribution in [0.2, 0.25) is 0 Å². The molecule has 0 aliphatic rings. The Labute approximate surface area is 41.1 Å². The third kappa shape index (κ3) is 0.606. The van der Waals surface area contributed by atoms with Gasteiger partial charge >= 0.3 is 0 Å². The maximum atomic E-state index is 4.94. The zero-order valence-corrected chi connectivity index (χ0v) is 3.59. The van der Waals surface area contributed by atoms with Crippen molar-refractivity contribution in [3.05, 3.63) is 18.0 Å². The summed E-state index contributed by atoms with van der Waals surface area (Å²) in [5, 5.41) is 3.38. The molecule has 0 radical (unpaired) electrons. The molecule has 0 saturated carbocycles. The van der Waals surface area contributed by atoms with Gasteiger partial charge in [0.1, 0.15) is 6.26 Å². The molecular formula is C5H3NO. The Bertz CT molecular complexity index is 170. The Kier molecular flexibility index (Phi) is 0.833. The van der Waals surface area contributed by atoms with Crippen LogP contribution in [0.4, 0.5) is 0 Å². The van der Waals surface area contributed by atoms with Gasteiger partial charge < -0.3 is 4.52 Å². The molecule has 0 spiro atoms. The van der Waals surface area contributed by atoms with Gasteiger partial charge in [-0.3, -0.25) is 0 Å². The monoisotopic (exact) mass is 93.0 g/mol. The second-order valence-corrected chi connectivity index (χ2v) is 1.06. The van der Waals surface area contributed by atoms with Gasteiger partial charge in [0, 0.05) is 0 Å². The van der Waals surface area contributed by atoms with Crippen LogP contribution in [-0.2, 0) is 0 Å². The van der Waals surface area contributed by atoms with Crippen LogP contribution in [0.15, 0.2) is 17.0 Å². The predicted molar refractivity (Wildman–Crippen MR) is 24.4 cm³/mol. The van der Waals surface area contributed by atoms with E-state index in [0.717, 1.165) is 0 Å². The number of hydrogen-bond acceptors (Lipinski definition) is 2. The molecule has 0 amide bonds. The van der Waals surface area contributed by atoms with Crippen molar-refractivity contribution in [2.75, 3.05) is 0 Å². The topological polar surface area (TPSA) is 26.0 Å². The van der Waals surface area contributed by atoms with Crippen LogP contribution in [0.1, 0.15) is 5.56 Å². The Morgan fingerprint density at radius 3 is 3.00 bits per heavy atom. The van der Waals surface area contributed by atoms with Gasteiger partial charge in [0.2, 0.25) is 0 Å². The van der Waals surface area contributed by atoms with Crippen LogP contribution in [0.25, 0.3) is 0 Å². The van der Waals surface area contributed by atoms with Gasteiger partial charge in [-0.25, -0.2) is 0 Å². The molecule has 0 saturated heterocycles. The Balaban J connectivity index is 3.04. The van der Waals surface area contributed by atoms with Gasteiger partial charge in [-0.2, -0.15) is 0 Å². The molecular weight excluding hydrogens is 90.1 g/mol. The minimum Gasteiger partial charge on any atom is -0.363 e. The average Bonchev–Trinajstić information content (AvgIpc) is 2.14. The normalized spacial score (nSPS) is 7.86. The molecule has 0 atom stereocenters. The molecule has 1 aromatic rings. The van der Waals surface area contributed by atoms with E-state index in [2.05, 4.69) is 15.6 Å². The third-order valence-corrected chi connectivity index (χ3v) is 0.599. The van der Waals surface area contributed by atoms with E-state index in [1.165, 1.54) is 12.5 Å². The number of terminal acetylenes is 1. The standard InChI is InChI=1S/C5H3NO/c1-2-5-3-6-7-4-5/h1,3-4H. The van der Waals surface area contributed by atoms with E-state index in [1.54, 1.807) is 0 Å². The molecule has 34 valence electrons. The molecule has 0 N–H and O–H groups in total. The fraction of sp³-hybridized carbons (Fsp3) is 0. The summed E-state index contributed by atoms with van der Waals surface area (Å²) in [6.07, 6.45) is 7.85. The van der Waals surface area contributed by atoms with Crippen LogP contribution in [-0.4, -0.2) is 5.16 Å². The first-order valence-electron chi connectivity index (χ1n) is 1.79. The van der Waals surface area contributed by atoms with E-state index in [0.29, 0.717) is 5.56 Å². The van der Waals surface area contributed by atoms with E-state index >= 15 is 0 Å². The van der Waals surface area contributed by atoms with Crippen molar-refractivity contribution < 1.29 is 4.52 Å². The van der Waals surface area contributed by atoms with Crippen molar-refractivity contribution in [3.63, 3.8) is 0 Å². The van der Waals surface area contributed by atoms with Crippen molar-refractivity contribution in [2.45, 2.75) is 0 Å². The smallest absolute Gasteiger partial charge is 0.139 e. The van der Waals surface area contributed by atoms with Crippen molar-refractivity contribution in [1.82, 2.24) is 5.16 Å². The molecule has 2 heteroatoms. The zero-order chi connectivity index (χ0) is 5.11. The second kappa shape index (κ2) is 1.48. The van der Waals surface area contributed by atoms with Gasteiger partial charge in [-0.1, -0.05) is 11.1 Å². The lowest BCUT2D eigenvalue weighted by Crippen LogP contribution is -1.56. The van der Waals surface area contributed by atoms with Gasteiger partial charge in [-0.15, -0.1) is 6.42 Å². The van der Waals surface area contributed by atoms with E-state index in [4.69, 9.17) is 6.42 Å². The molecule has 2 nitrogen and oxygen atoms in total. The Hall–Kier alpha value is -1.23. The first-order valence-corrected chi connectivity index (χ1v) is 1.79. The summed E-state index contributed by atoms with van der Waals surface area (Å²) in [6.45, 7) is 0. The summed E-state index contributed by atoms with van der Waals surface area (Å²) in [5.41, 5.74) is 0.681. The number of nitrogens with zero attached hydrogens (tertiary/aromatic N) is 1. The quantitative estimate of drug-likeness (QED) is 0.440. The maximum absolute atomic E-state index is 4.94. The number of aromatic nitrogens is 1. The van der Waals surface area contributed by atoms with Crippen LogP contribution in [0, 0.1) is 12.3 Å². The molecule has 7 heavy (non-hydrogen) atoms. The summed E-state index contributed by atoms with van der Waals surface area (Å²) in [6, 6.07) is 0. The molecule has 0 bridgehead atoms. The second-order valence-electron chi connectivity index (χ2n) is 1.06. The van der Waals surface area contributed by atoms with Gasteiger partial charge in [0.05, 0.1) is 11.8 Å². The van der Waals surface area contributed by atoms with Crippen molar-refractivity contribution in [1.29, 1.82) is 0 Å². The third-order valence-electron chi connectivity index (χ3n) is 0.599. The lowest BCUT2D eigenvalue weighted by Gasteiger charge is -1.61. The minimum absolute atomic E-state index is 0.681. The van der Waals surface area contributed by atoms with E-state index < -0.39 is 0 Å². The molecule has 0 unspecified atom stereocenters. The van der Waals surface area contributed by atoms with Crippen LogP contribution in [0.3, 0.4) is 0 Å².